The first-order chi connectivity index (χ1) is 9.05. The number of ether oxygens (including phenoxy) is 1. The van der Waals surface area contributed by atoms with Gasteiger partial charge in [0.1, 0.15) is 5.75 Å². The molecular weight excluding hydrogens is 257 g/mol. The first-order valence-electron chi connectivity index (χ1n) is 6.37. The second kappa shape index (κ2) is 4.59. The maximum Gasteiger partial charge on any atom is 0.416 e. The van der Waals surface area contributed by atoms with Crippen molar-refractivity contribution in [2.24, 2.45) is 0 Å². The van der Waals surface area contributed by atoms with Crippen molar-refractivity contribution in [1.82, 2.24) is 5.32 Å². The normalized spacial score (nSPS) is 23.1. The van der Waals surface area contributed by atoms with Gasteiger partial charge in [0.25, 0.3) is 0 Å². The van der Waals surface area contributed by atoms with E-state index >= 15 is 0 Å². The van der Waals surface area contributed by atoms with Crippen molar-refractivity contribution in [2.75, 3.05) is 31.1 Å². The van der Waals surface area contributed by atoms with Gasteiger partial charge in [-0.25, -0.2) is 0 Å². The van der Waals surface area contributed by atoms with Crippen molar-refractivity contribution in [3.05, 3.63) is 23.8 Å². The van der Waals surface area contributed by atoms with Gasteiger partial charge in [-0.1, -0.05) is 0 Å². The Hall–Kier alpha value is -1.43. The van der Waals surface area contributed by atoms with E-state index in [4.69, 9.17) is 4.74 Å². The molecule has 2 aliphatic rings. The van der Waals surface area contributed by atoms with Gasteiger partial charge >= 0.3 is 6.18 Å². The molecule has 1 atom stereocenters. The van der Waals surface area contributed by atoms with Gasteiger partial charge in [-0.3, -0.25) is 0 Å². The lowest BCUT2D eigenvalue weighted by atomic mass is 10.1. The maximum absolute atomic E-state index is 12.8. The minimum atomic E-state index is -4.31. The molecule has 3 rings (SSSR count). The van der Waals surface area contributed by atoms with Crippen LogP contribution in [-0.2, 0) is 6.18 Å². The molecular formula is C13H15F3N2O. The molecule has 19 heavy (non-hydrogen) atoms. The lowest BCUT2D eigenvalue weighted by Gasteiger charge is -2.36. The number of piperazine rings is 1. The Morgan fingerprint density at radius 3 is 2.95 bits per heavy atom. The molecule has 1 aromatic carbocycles. The molecule has 1 N–H and O–H groups in total. The molecule has 1 saturated heterocycles. The van der Waals surface area contributed by atoms with E-state index in [1.807, 2.05) is 4.90 Å². The van der Waals surface area contributed by atoms with Crippen molar-refractivity contribution in [3.8, 4) is 5.75 Å². The van der Waals surface area contributed by atoms with Gasteiger partial charge < -0.3 is 15.0 Å². The Labute approximate surface area is 109 Å². The molecule has 0 aromatic heterocycles. The summed E-state index contributed by atoms with van der Waals surface area (Å²) < 4.78 is 44.0. The number of nitrogens with one attached hydrogen (secondary N) is 1. The highest BCUT2D eigenvalue weighted by molar-refractivity contribution is 5.62. The van der Waals surface area contributed by atoms with Gasteiger partial charge in [0.15, 0.2) is 0 Å². The number of alkyl halides is 3. The summed E-state index contributed by atoms with van der Waals surface area (Å²) in [5.74, 6) is 0.553. The molecule has 0 bridgehead atoms. The highest BCUT2D eigenvalue weighted by Gasteiger charge is 2.34. The molecule has 0 saturated carbocycles. The number of rotatable bonds is 0. The molecule has 3 nitrogen and oxygen atoms in total. The number of halogens is 3. The van der Waals surface area contributed by atoms with Crippen LogP contribution in [-0.4, -0.2) is 32.3 Å². The van der Waals surface area contributed by atoms with Gasteiger partial charge in [0.05, 0.1) is 17.9 Å². The van der Waals surface area contributed by atoms with Crippen molar-refractivity contribution in [2.45, 2.75) is 18.6 Å². The maximum atomic E-state index is 12.8. The summed E-state index contributed by atoms with van der Waals surface area (Å²) in [5, 5.41) is 3.27. The zero-order valence-electron chi connectivity index (χ0n) is 10.3. The summed E-state index contributed by atoms with van der Waals surface area (Å²) in [6.45, 7) is 2.83. The smallest absolute Gasteiger partial charge is 0.416 e. The summed E-state index contributed by atoms with van der Waals surface area (Å²) in [6.07, 6.45) is -3.49. The van der Waals surface area contributed by atoms with Crippen LogP contribution in [0.1, 0.15) is 12.0 Å². The zero-order chi connectivity index (χ0) is 13.5. The largest absolute Gasteiger partial charge is 0.491 e. The molecule has 0 radical (unpaired) electrons. The Morgan fingerprint density at radius 2 is 2.16 bits per heavy atom. The average molecular weight is 272 g/mol. The number of fused-ring (bicyclic) bond motifs is 3. The third-order valence-corrected chi connectivity index (χ3v) is 3.65. The highest BCUT2D eigenvalue weighted by Crippen LogP contribution is 2.39. The van der Waals surface area contributed by atoms with E-state index in [2.05, 4.69) is 5.32 Å². The summed E-state index contributed by atoms with van der Waals surface area (Å²) in [5.41, 5.74) is -0.0483. The molecule has 0 amide bonds. The molecule has 104 valence electrons. The Morgan fingerprint density at radius 1 is 1.32 bits per heavy atom. The molecule has 6 heteroatoms. The van der Waals surface area contributed by atoms with Crippen LogP contribution < -0.4 is 15.0 Å². The fourth-order valence-corrected chi connectivity index (χ4v) is 2.68. The predicted molar refractivity (Wildman–Crippen MR) is 65.6 cm³/mol. The van der Waals surface area contributed by atoms with Gasteiger partial charge in [0, 0.05) is 32.1 Å². The lowest BCUT2D eigenvalue weighted by Crippen LogP contribution is -2.51. The van der Waals surface area contributed by atoms with Crippen LogP contribution in [0.5, 0.6) is 5.75 Å². The van der Waals surface area contributed by atoms with Crippen LogP contribution >= 0.6 is 0 Å². The molecule has 2 heterocycles. The lowest BCUT2D eigenvalue weighted by molar-refractivity contribution is -0.137. The van der Waals surface area contributed by atoms with Crippen LogP contribution in [0.15, 0.2) is 18.2 Å². The molecule has 2 aliphatic heterocycles. The third-order valence-electron chi connectivity index (χ3n) is 3.65. The van der Waals surface area contributed by atoms with E-state index < -0.39 is 11.7 Å². The minimum absolute atomic E-state index is 0.207. The summed E-state index contributed by atoms with van der Waals surface area (Å²) in [6, 6.07) is 3.93. The first-order valence-corrected chi connectivity index (χ1v) is 6.37. The van der Waals surface area contributed by atoms with Crippen LogP contribution in [0, 0.1) is 0 Å². The second-order valence-electron chi connectivity index (χ2n) is 4.87. The Kier molecular flexibility index (Phi) is 3.05. The fourth-order valence-electron chi connectivity index (χ4n) is 2.68. The van der Waals surface area contributed by atoms with E-state index in [1.54, 1.807) is 0 Å². The topological polar surface area (TPSA) is 24.5 Å². The van der Waals surface area contributed by atoms with E-state index in [0.717, 1.165) is 25.6 Å². The van der Waals surface area contributed by atoms with Crippen molar-refractivity contribution in [3.63, 3.8) is 0 Å². The van der Waals surface area contributed by atoms with Crippen LogP contribution in [0.4, 0.5) is 18.9 Å². The SMILES string of the molecule is FC(F)(F)c1ccc2c(c1)N1CCNC[C@@H]1CCO2. The van der Waals surface area contributed by atoms with Crippen molar-refractivity contribution < 1.29 is 17.9 Å². The number of hydrogen-bond donors (Lipinski definition) is 1. The monoisotopic (exact) mass is 272 g/mol. The van der Waals surface area contributed by atoms with Crippen LogP contribution in [0.3, 0.4) is 0 Å². The minimum Gasteiger partial charge on any atom is -0.491 e. The highest BCUT2D eigenvalue weighted by atomic mass is 19.4. The molecule has 0 spiro atoms. The predicted octanol–water partition coefficient (Wildman–Crippen LogP) is 2.27. The average Bonchev–Trinajstić information content (AvgIpc) is 2.56. The standard InChI is InChI=1S/C13H15F3N2O/c14-13(15,16)9-1-2-12-11(7-9)18-5-4-17-8-10(18)3-6-19-12/h1-2,7,10,17H,3-6,8H2/t10-/m0/s1. The van der Waals surface area contributed by atoms with Crippen molar-refractivity contribution in [1.29, 1.82) is 0 Å². The first kappa shape index (κ1) is 12.6. The molecule has 0 unspecified atom stereocenters. The van der Waals surface area contributed by atoms with E-state index in [1.165, 1.54) is 12.1 Å². The molecule has 1 fully saturated rings. The van der Waals surface area contributed by atoms with Gasteiger partial charge in [-0.15, -0.1) is 0 Å². The molecule has 1 aromatic rings. The number of anilines is 1. The fraction of sp³-hybridized carbons (Fsp3) is 0.538. The number of benzene rings is 1. The van der Waals surface area contributed by atoms with Crippen LogP contribution in [0.2, 0.25) is 0 Å². The summed E-state index contributed by atoms with van der Waals surface area (Å²) in [7, 11) is 0. The van der Waals surface area contributed by atoms with E-state index in [9.17, 15) is 13.2 Å². The van der Waals surface area contributed by atoms with Gasteiger partial charge in [-0.2, -0.15) is 13.2 Å². The Balaban J connectivity index is 2.02. The third kappa shape index (κ3) is 2.36. The Bertz CT molecular complexity index is 475. The number of hydrogen-bond acceptors (Lipinski definition) is 3. The quantitative estimate of drug-likeness (QED) is 0.784. The second-order valence-corrected chi connectivity index (χ2v) is 4.87. The molecule has 0 aliphatic carbocycles. The van der Waals surface area contributed by atoms with Gasteiger partial charge in [-0.05, 0) is 18.2 Å². The van der Waals surface area contributed by atoms with Crippen molar-refractivity contribution >= 4 is 5.69 Å². The number of nitrogens with zero attached hydrogens (tertiary/aromatic N) is 1. The van der Waals surface area contributed by atoms with E-state index in [-0.39, 0.29) is 6.04 Å². The zero-order valence-corrected chi connectivity index (χ0v) is 10.3. The van der Waals surface area contributed by atoms with Gasteiger partial charge in [0.2, 0.25) is 0 Å². The van der Waals surface area contributed by atoms with E-state index in [0.29, 0.717) is 24.6 Å². The summed E-state index contributed by atoms with van der Waals surface area (Å²) >= 11 is 0. The van der Waals surface area contributed by atoms with Crippen LogP contribution in [0.25, 0.3) is 0 Å². The summed E-state index contributed by atoms with van der Waals surface area (Å²) in [4.78, 5) is 2.04.